The van der Waals surface area contributed by atoms with Gasteiger partial charge in [-0.1, -0.05) is 19.8 Å². The lowest BCUT2D eigenvalue weighted by molar-refractivity contribution is 0.288. The van der Waals surface area contributed by atoms with Crippen LogP contribution in [0, 0.1) is 12.8 Å². The molecule has 0 saturated heterocycles. The highest BCUT2D eigenvalue weighted by atomic mass is 16.5. The summed E-state index contributed by atoms with van der Waals surface area (Å²) >= 11 is 0. The fourth-order valence-electron chi connectivity index (χ4n) is 1.71. The second kappa shape index (κ2) is 5.31. The van der Waals surface area contributed by atoms with Crippen molar-refractivity contribution >= 4 is 5.82 Å². The summed E-state index contributed by atoms with van der Waals surface area (Å²) in [5, 5.41) is 0. The number of hydrogen-bond donors (Lipinski definition) is 2. The van der Waals surface area contributed by atoms with Crippen LogP contribution in [0.2, 0.25) is 0 Å². The van der Waals surface area contributed by atoms with Crippen molar-refractivity contribution in [2.75, 3.05) is 12.0 Å². The first-order valence-electron chi connectivity index (χ1n) is 6.21. The molecule has 3 N–H and O–H groups in total. The summed E-state index contributed by atoms with van der Waals surface area (Å²) in [6, 6.07) is 0. The summed E-state index contributed by atoms with van der Waals surface area (Å²) in [6.07, 6.45) is 4.59. The lowest BCUT2D eigenvalue weighted by Crippen LogP contribution is -2.14. The number of nitrogens with one attached hydrogen (secondary N) is 1. The summed E-state index contributed by atoms with van der Waals surface area (Å²) in [5.74, 6) is 8.37. The fourth-order valence-corrected chi connectivity index (χ4v) is 1.71. The van der Waals surface area contributed by atoms with E-state index in [1.54, 1.807) is 0 Å². The number of rotatable bonds is 6. The average Bonchev–Trinajstić information content (AvgIpc) is 3.15. The first-order valence-corrected chi connectivity index (χ1v) is 6.21. The highest BCUT2D eigenvalue weighted by Gasteiger charge is 2.21. The lowest BCUT2D eigenvalue weighted by Gasteiger charge is -2.12. The third-order valence-electron chi connectivity index (χ3n) is 3.06. The van der Waals surface area contributed by atoms with Gasteiger partial charge in [-0.05, 0) is 19.3 Å². The quantitative estimate of drug-likeness (QED) is 0.582. The van der Waals surface area contributed by atoms with Crippen molar-refractivity contribution in [3.63, 3.8) is 0 Å². The number of aryl methyl sites for hydroxylation is 1. The van der Waals surface area contributed by atoms with Gasteiger partial charge in [-0.3, -0.25) is 0 Å². The van der Waals surface area contributed by atoms with Gasteiger partial charge in [-0.15, -0.1) is 0 Å². The van der Waals surface area contributed by atoms with E-state index >= 15 is 0 Å². The maximum absolute atomic E-state index is 5.73. The maximum Gasteiger partial charge on any atom is 0.221 e. The largest absolute Gasteiger partial charge is 0.477 e. The van der Waals surface area contributed by atoms with E-state index < -0.39 is 0 Å². The van der Waals surface area contributed by atoms with E-state index in [1.165, 1.54) is 12.8 Å². The van der Waals surface area contributed by atoms with Gasteiger partial charge in [0.05, 0.1) is 12.2 Å². The number of hydrazine groups is 1. The van der Waals surface area contributed by atoms with Gasteiger partial charge >= 0.3 is 0 Å². The summed E-state index contributed by atoms with van der Waals surface area (Å²) in [6.45, 7) is 4.66. The van der Waals surface area contributed by atoms with E-state index in [4.69, 9.17) is 10.6 Å². The van der Waals surface area contributed by atoms with E-state index in [1.807, 2.05) is 13.8 Å². The third kappa shape index (κ3) is 3.06. The lowest BCUT2D eigenvalue weighted by atomic mass is 10.3. The molecule has 0 unspecified atom stereocenters. The first kappa shape index (κ1) is 12.1. The zero-order valence-corrected chi connectivity index (χ0v) is 10.5. The summed E-state index contributed by atoms with van der Waals surface area (Å²) < 4.78 is 5.73. The second-order valence-corrected chi connectivity index (χ2v) is 4.50. The highest BCUT2D eigenvalue weighted by Crippen LogP contribution is 2.32. The van der Waals surface area contributed by atoms with Crippen molar-refractivity contribution in [1.29, 1.82) is 0 Å². The van der Waals surface area contributed by atoms with Crippen molar-refractivity contribution in [2.45, 2.75) is 39.5 Å². The number of nitrogen functional groups attached to an aromatic ring is 1. The Hall–Kier alpha value is -1.36. The molecule has 94 valence electrons. The summed E-state index contributed by atoms with van der Waals surface area (Å²) in [4.78, 5) is 8.69. The molecule has 0 aliphatic heterocycles. The van der Waals surface area contributed by atoms with Gasteiger partial charge in [0, 0.05) is 6.42 Å². The van der Waals surface area contributed by atoms with Crippen LogP contribution in [0.25, 0.3) is 0 Å². The van der Waals surface area contributed by atoms with Crippen LogP contribution in [-0.4, -0.2) is 16.6 Å². The second-order valence-electron chi connectivity index (χ2n) is 4.50. The van der Waals surface area contributed by atoms with Crippen molar-refractivity contribution in [2.24, 2.45) is 11.8 Å². The maximum atomic E-state index is 5.73. The molecule has 1 aliphatic rings. The van der Waals surface area contributed by atoms with Crippen molar-refractivity contribution in [1.82, 2.24) is 9.97 Å². The Balaban J connectivity index is 2.06. The summed E-state index contributed by atoms with van der Waals surface area (Å²) in [5.41, 5.74) is 3.47. The van der Waals surface area contributed by atoms with Crippen LogP contribution >= 0.6 is 0 Å². The van der Waals surface area contributed by atoms with Crippen molar-refractivity contribution in [3.8, 4) is 5.88 Å². The molecule has 0 atom stereocenters. The third-order valence-corrected chi connectivity index (χ3v) is 3.06. The van der Waals surface area contributed by atoms with Crippen LogP contribution in [0.1, 0.15) is 37.6 Å². The van der Waals surface area contributed by atoms with E-state index in [9.17, 15) is 0 Å². The molecule has 5 nitrogen and oxygen atoms in total. The smallest absolute Gasteiger partial charge is 0.221 e. The molecule has 1 heterocycles. The molecule has 1 saturated carbocycles. The van der Waals surface area contributed by atoms with Crippen LogP contribution in [0.5, 0.6) is 5.88 Å². The molecule has 5 heteroatoms. The number of ether oxygens (including phenoxy) is 1. The zero-order chi connectivity index (χ0) is 12.3. The minimum absolute atomic E-state index is 0.651. The standard InChI is InChI=1S/C12H20N4O/c1-3-10-14-11(16-13)8(2)12(15-10)17-7-6-9-4-5-9/h9H,3-7,13H2,1-2H3,(H,14,15,16). The molecule has 1 aliphatic carbocycles. The predicted octanol–water partition coefficient (Wildman–Crippen LogP) is 1.81. The van der Waals surface area contributed by atoms with Crippen molar-refractivity contribution in [3.05, 3.63) is 11.4 Å². The molecule has 2 rings (SSSR count). The number of hydrogen-bond acceptors (Lipinski definition) is 5. The molecule has 17 heavy (non-hydrogen) atoms. The molecule has 1 aromatic heterocycles. The van der Waals surface area contributed by atoms with Gasteiger partial charge in [-0.25, -0.2) is 10.8 Å². The van der Waals surface area contributed by atoms with E-state index in [0.717, 1.165) is 36.8 Å². The number of aromatic nitrogens is 2. The molecular weight excluding hydrogens is 216 g/mol. The average molecular weight is 236 g/mol. The Morgan fingerprint density at radius 3 is 2.76 bits per heavy atom. The first-order chi connectivity index (χ1) is 8.24. The fraction of sp³-hybridized carbons (Fsp3) is 0.667. The van der Waals surface area contributed by atoms with E-state index in [-0.39, 0.29) is 0 Å². The normalized spacial score (nSPS) is 14.8. The van der Waals surface area contributed by atoms with Crippen LogP contribution in [-0.2, 0) is 6.42 Å². The highest BCUT2D eigenvalue weighted by molar-refractivity contribution is 5.47. The number of nitrogens with zero attached hydrogens (tertiary/aromatic N) is 2. The van der Waals surface area contributed by atoms with Gasteiger partial charge in [0.25, 0.3) is 0 Å². The van der Waals surface area contributed by atoms with Crippen LogP contribution in [0.4, 0.5) is 5.82 Å². The minimum Gasteiger partial charge on any atom is -0.477 e. The van der Waals surface area contributed by atoms with Gasteiger partial charge in [0.2, 0.25) is 5.88 Å². The van der Waals surface area contributed by atoms with Gasteiger partial charge in [0.1, 0.15) is 11.6 Å². The zero-order valence-electron chi connectivity index (χ0n) is 10.5. The topological polar surface area (TPSA) is 73.1 Å². The SMILES string of the molecule is CCc1nc(NN)c(C)c(OCCC2CC2)n1. The van der Waals surface area contributed by atoms with Crippen molar-refractivity contribution < 1.29 is 4.74 Å². The van der Waals surface area contributed by atoms with Crippen LogP contribution in [0.15, 0.2) is 0 Å². The van der Waals surface area contributed by atoms with E-state index in [2.05, 4.69) is 15.4 Å². The Morgan fingerprint density at radius 2 is 2.18 bits per heavy atom. The Morgan fingerprint density at radius 1 is 1.41 bits per heavy atom. The van der Waals surface area contributed by atoms with Gasteiger partial charge in [0.15, 0.2) is 0 Å². The minimum atomic E-state index is 0.651. The summed E-state index contributed by atoms with van der Waals surface area (Å²) in [7, 11) is 0. The molecule has 1 aromatic rings. The molecule has 0 amide bonds. The molecule has 0 spiro atoms. The monoisotopic (exact) mass is 236 g/mol. The molecule has 0 aromatic carbocycles. The number of nitrogens with two attached hydrogens (primary N) is 1. The van der Waals surface area contributed by atoms with Crippen LogP contribution < -0.4 is 16.0 Å². The van der Waals surface area contributed by atoms with E-state index in [0.29, 0.717) is 11.7 Å². The van der Waals surface area contributed by atoms with Gasteiger partial charge in [-0.2, -0.15) is 4.98 Å². The molecule has 0 radical (unpaired) electrons. The molecule has 1 fully saturated rings. The predicted molar refractivity (Wildman–Crippen MR) is 66.8 cm³/mol. The van der Waals surface area contributed by atoms with Gasteiger partial charge < -0.3 is 10.2 Å². The Bertz CT molecular complexity index is 390. The molecular formula is C12H20N4O. The Labute approximate surface area is 102 Å². The molecule has 0 bridgehead atoms. The van der Waals surface area contributed by atoms with Crippen LogP contribution in [0.3, 0.4) is 0 Å². The number of anilines is 1. The Kier molecular flexibility index (Phi) is 3.78.